The molecule has 1 atom stereocenters. The van der Waals surface area contributed by atoms with Crippen LogP contribution in [0.3, 0.4) is 0 Å². The lowest BCUT2D eigenvalue weighted by molar-refractivity contribution is -0.145. The van der Waals surface area contributed by atoms with Crippen LogP contribution in [0.1, 0.15) is 56.3 Å². The quantitative estimate of drug-likeness (QED) is 0.519. The van der Waals surface area contributed by atoms with Crippen LogP contribution in [0.2, 0.25) is 0 Å². The van der Waals surface area contributed by atoms with Crippen LogP contribution < -0.4 is 5.32 Å². The van der Waals surface area contributed by atoms with Crippen molar-refractivity contribution in [1.29, 1.82) is 0 Å². The normalized spacial score (nSPS) is 11.4. The van der Waals surface area contributed by atoms with Gasteiger partial charge in [-0.1, -0.05) is 18.2 Å². The first-order chi connectivity index (χ1) is 13.8. The fourth-order valence-electron chi connectivity index (χ4n) is 2.85. The van der Waals surface area contributed by atoms with Crippen LogP contribution >= 0.6 is 0 Å². The molecule has 1 heterocycles. The smallest absolute Gasteiger partial charge is 0.340 e. The molecule has 2 rings (SSSR count). The molecular formula is C21H24N2O6. The number of hydrogen-bond acceptors (Lipinski definition) is 6. The predicted molar refractivity (Wildman–Crippen MR) is 105 cm³/mol. The van der Waals surface area contributed by atoms with Gasteiger partial charge in [0.1, 0.15) is 6.54 Å². The van der Waals surface area contributed by atoms with E-state index in [2.05, 4.69) is 10.3 Å². The van der Waals surface area contributed by atoms with E-state index in [4.69, 9.17) is 9.47 Å². The Bertz CT molecular complexity index is 917. The summed E-state index contributed by atoms with van der Waals surface area (Å²) < 4.78 is 10.1. The summed E-state index contributed by atoms with van der Waals surface area (Å²) in [6.07, 6.45) is -1.09. The van der Waals surface area contributed by atoms with Gasteiger partial charge in [-0.05, 0) is 45.4 Å². The molecule has 0 unspecified atom stereocenters. The third-order valence-corrected chi connectivity index (χ3v) is 4.27. The van der Waals surface area contributed by atoms with Crippen molar-refractivity contribution in [2.45, 2.75) is 33.8 Å². The highest BCUT2D eigenvalue weighted by Crippen LogP contribution is 2.21. The van der Waals surface area contributed by atoms with E-state index in [0.717, 1.165) is 0 Å². The Kier molecular flexibility index (Phi) is 7.30. The molecule has 8 nitrogen and oxygen atoms in total. The number of carbonyl (C=O) groups is 4. The second-order valence-electron chi connectivity index (χ2n) is 6.39. The Labute approximate surface area is 168 Å². The highest BCUT2D eigenvalue weighted by molar-refractivity contribution is 6.04. The van der Waals surface area contributed by atoms with Crippen LogP contribution in [0.4, 0.5) is 0 Å². The van der Waals surface area contributed by atoms with E-state index < -0.39 is 29.7 Å². The molecule has 1 aromatic carbocycles. The number of nitrogens with one attached hydrogen (secondary N) is 2. The highest BCUT2D eigenvalue weighted by Gasteiger charge is 2.27. The van der Waals surface area contributed by atoms with Gasteiger partial charge >= 0.3 is 11.9 Å². The molecule has 29 heavy (non-hydrogen) atoms. The second-order valence-corrected chi connectivity index (χ2v) is 6.39. The number of ether oxygens (including phenoxy) is 2. The number of rotatable bonds is 8. The van der Waals surface area contributed by atoms with Crippen LogP contribution in [0.25, 0.3) is 0 Å². The van der Waals surface area contributed by atoms with Crippen molar-refractivity contribution >= 4 is 23.6 Å². The van der Waals surface area contributed by atoms with Crippen molar-refractivity contribution in [3.63, 3.8) is 0 Å². The Morgan fingerprint density at radius 2 is 1.76 bits per heavy atom. The molecular weight excluding hydrogens is 376 g/mol. The summed E-state index contributed by atoms with van der Waals surface area (Å²) in [6, 6.07) is 8.42. The van der Waals surface area contributed by atoms with Crippen LogP contribution in [0, 0.1) is 13.8 Å². The number of benzene rings is 1. The Morgan fingerprint density at radius 3 is 2.38 bits per heavy atom. The van der Waals surface area contributed by atoms with Crippen molar-refractivity contribution in [1.82, 2.24) is 10.3 Å². The van der Waals surface area contributed by atoms with Crippen molar-refractivity contribution < 1.29 is 28.7 Å². The zero-order chi connectivity index (χ0) is 21.6. The van der Waals surface area contributed by atoms with Crippen LogP contribution in [-0.4, -0.2) is 47.9 Å². The fourth-order valence-corrected chi connectivity index (χ4v) is 2.85. The summed E-state index contributed by atoms with van der Waals surface area (Å²) in [4.78, 5) is 51.5. The lowest BCUT2D eigenvalue weighted by Crippen LogP contribution is -2.34. The van der Waals surface area contributed by atoms with Crippen LogP contribution in [0.15, 0.2) is 30.3 Å². The van der Waals surface area contributed by atoms with E-state index in [0.29, 0.717) is 22.4 Å². The molecule has 8 heteroatoms. The highest BCUT2D eigenvalue weighted by atomic mass is 16.5. The number of ketones is 1. The summed E-state index contributed by atoms with van der Waals surface area (Å²) in [5.41, 5.74) is 1.82. The summed E-state index contributed by atoms with van der Waals surface area (Å²) >= 11 is 0. The third kappa shape index (κ3) is 5.31. The number of carbonyl (C=O) groups excluding carboxylic acids is 4. The van der Waals surface area contributed by atoms with Gasteiger partial charge in [0, 0.05) is 11.3 Å². The van der Waals surface area contributed by atoms with Gasteiger partial charge in [-0.2, -0.15) is 0 Å². The minimum Gasteiger partial charge on any atom is -0.462 e. The summed E-state index contributed by atoms with van der Waals surface area (Å²) in [5.74, 6) is -2.17. The second kappa shape index (κ2) is 9.68. The maximum absolute atomic E-state index is 12.7. The van der Waals surface area contributed by atoms with Crippen molar-refractivity contribution in [3.05, 3.63) is 58.4 Å². The van der Waals surface area contributed by atoms with E-state index in [9.17, 15) is 19.2 Å². The minimum atomic E-state index is -1.09. The average molecular weight is 400 g/mol. The predicted octanol–water partition coefficient (Wildman–Crippen LogP) is 2.35. The maximum atomic E-state index is 12.7. The number of H-pyrrole nitrogens is 1. The average Bonchev–Trinajstić information content (AvgIpc) is 3.00. The number of aryl methyl sites for hydroxylation is 1. The molecule has 0 bridgehead atoms. The van der Waals surface area contributed by atoms with Crippen molar-refractivity contribution in [2.75, 3.05) is 13.2 Å². The van der Waals surface area contributed by atoms with Gasteiger partial charge in [-0.3, -0.25) is 14.4 Å². The lowest BCUT2D eigenvalue weighted by Gasteiger charge is -2.13. The minimum absolute atomic E-state index is 0.180. The van der Waals surface area contributed by atoms with Crippen molar-refractivity contribution in [3.8, 4) is 0 Å². The van der Waals surface area contributed by atoms with Gasteiger partial charge in [0.2, 0.25) is 5.78 Å². The molecule has 2 aromatic rings. The first-order valence-corrected chi connectivity index (χ1v) is 9.19. The molecule has 0 aliphatic heterocycles. The third-order valence-electron chi connectivity index (χ3n) is 4.27. The number of aromatic amines is 1. The van der Waals surface area contributed by atoms with E-state index in [1.54, 1.807) is 51.1 Å². The molecule has 0 saturated heterocycles. The molecule has 1 amide bonds. The molecule has 0 spiro atoms. The molecule has 0 aliphatic rings. The van der Waals surface area contributed by atoms with E-state index in [1.807, 2.05) is 0 Å². The van der Waals surface area contributed by atoms with Crippen LogP contribution in [-0.2, 0) is 14.3 Å². The summed E-state index contributed by atoms with van der Waals surface area (Å²) in [7, 11) is 0. The zero-order valence-corrected chi connectivity index (χ0v) is 16.8. The molecule has 2 N–H and O–H groups in total. The standard InChI is InChI=1S/C21H24N2O6/c1-5-28-21(27)17-12(2)18(23-13(17)3)19(25)14(4)29-16(24)11-22-20(26)15-9-7-6-8-10-15/h6-10,14,23H,5,11H2,1-4H3,(H,22,26)/t14-/m0/s1. The Hall–Kier alpha value is -3.42. The summed E-state index contributed by atoms with van der Waals surface area (Å²) in [5, 5.41) is 2.44. The molecule has 0 saturated carbocycles. The molecule has 0 aliphatic carbocycles. The molecule has 0 fully saturated rings. The first kappa shape index (κ1) is 21.9. The number of esters is 2. The first-order valence-electron chi connectivity index (χ1n) is 9.19. The topological polar surface area (TPSA) is 115 Å². The van der Waals surface area contributed by atoms with Crippen LogP contribution in [0.5, 0.6) is 0 Å². The van der Waals surface area contributed by atoms with Crippen molar-refractivity contribution in [2.24, 2.45) is 0 Å². The maximum Gasteiger partial charge on any atom is 0.340 e. The number of hydrogen-bond donors (Lipinski definition) is 2. The zero-order valence-electron chi connectivity index (χ0n) is 16.8. The Morgan fingerprint density at radius 1 is 1.10 bits per heavy atom. The van der Waals surface area contributed by atoms with Gasteiger partial charge in [-0.25, -0.2) is 4.79 Å². The van der Waals surface area contributed by atoms with E-state index >= 15 is 0 Å². The van der Waals surface area contributed by atoms with Gasteiger partial charge in [0.25, 0.3) is 5.91 Å². The largest absolute Gasteiger partial charge is 0.462 e. The molecule has 154 valence electrons. The van der Waals surface area contributed by atoms with Gasteiger partial charge < -0.3 is 19.8 Å². The molecule has 1 aromatic heterocycles. The van der Waals surface area contributed by atoms with Gasteiger partial charge in [-0.15, -0.1) is 0 Å². The van der Waals surface area contributed by atoms with E-state index in [1.165, 1.54) is 6.92 Å². The van der Waals surface area contributed by atoms with Gasteiger partial charge in [0.05, 0.1) is 17.9 Å². The Balaban J connectivity index is 1.98. The monoisotopic (exact) mass is 400 g/mol. The number of amides is 1. The van der Waals surface area contributed by atoms with Gasteiger partial charge in [0.15, 0.2) is 6.10 Å². The number of aromatic nitrogens is 1. The fraction of sp³-hybridized carbons (Fsp3) is 0.333. The lowest BCUT2D eigenvalue weighted by atomic mass is 10.1. The number of Topliss-reactive ketones (excluding diaryl/α,β-unsaturated/α-hetero) is 1. The summed E-state index contributed by atoms with van der Waals surface area (Å²) in [6.45, 7) is 6.25. The molecule has 0 radical (unpaired) electrons. The SMILES string of the molecule is CCOC(=O)c1c(C)[nH]c(C(=O)[C@H](C)OC(=O)CNC(=O)c2ccccc2)c1C. The van der Waals surface area contributed by atoms with E-state index in [-0.39, 0.29) is 18.8 Å².